The van der Waals surface area contributed by atoms with Crippen LogP contribution in [-0.4, -0.2) is 32.0 Å². The normalized spacial score (nSPS) is 11.6. The molecule has 27 heavy (non-hydrogen) atoms. The van der Waals surface area contributed by atoms with Crippen molar-refractivity contribution >= 4 is 35.0 Å². The van der Waals surface area contributed by atoms with Gasteiger partial charge in [0.1, 0.15) is 18.1 Å². The zero-order chi connectivity index (χ0) is 19.8. The Balaban J connectivity index is 1.71. The Hall–Kier alpha value is -2.35. The number of ether oxygens (including phenoxy) is 1. The fraction of sp³-hybridized carbons (Fsp3) is 0.222. The van der Waals surface area contributed by atoms with Crippen molar-refractivity contribution in [2.45, 2.75) is 6.54 Å². The summed E-state index contributed by atoms with van der Waals surface area (Å²) < 4.78 is 19.0. The number of quaternary nitrogens is 1. The van der Waals surface area contributed by atoms with Crippen molar-refractivity contribution in [3.8, 4) is 5.75 Å². The minimum Gasteiger partial charge on any atom is -0.484 e. The van der Waals surface area contributed by atoms with E-state index < -0.39 is 17.6 Å². The lowest BCUT2D eigenvalue weighted by Gasteiger charge is -2.15. The van der Waals surface area contributed by atoms with Crippen molar-refractivity contribution in [3.63, 3.8) is 0 Å². The molecular formula is C18H19Cl2FN3O3+. The number of amides is 2. The maximum atomic E-state index is 13.8. The van der Waals surface area contributed by atoms with Gasteiger partial charge in [0.05, 0.1) is 17.6 Å². The molecular weight excluding hydrogens is 396 g/mol. The molecule has 0 bridgehead atoms. The lowest BCUT2D eigenvalue weighted by molar-refractivity contribution is -0.885. The quantitative estimate of drug-likeness (QED) is 0.599. The highest BCUT2D eigenvalue weighted by Gasteiger charge is 2.16. The number of hydrogen-bond acceptors (Lipinski definition) is 3. The van der Waals surface area contributed by atoms with Crippen LogP contribution in [0.4, 0.5) is 4.39 Å². The molecule has 144 valence electrons. The molecule has 0 aliphatic rings. The van der Waals surface area contributed by atoms with Gasteiger partial charge in [0, 0.05) is 5.02 Å². The smallest absolute Gasteiger partial charge is 0.293 e. The van der Waals surface area contributed by atoms with Gasteiger partial charge >= 0.3 is 0 Å². The van der Waals surface area contributed by atoms with Gasteiger partial charge in [0.15, 0.2) is 13.2 Å². The Bertz CT molecular complexity index is 783. The average molecular weight is 415 g/mol. The predicted molar refractivity (Wildman–Crippen MR) is 100 cm³/mol. The molecule has 0 fully saturated rings. The monoisotopic (exact) mass is 414 g/mol. The predicted octanol–water partition coefficient (Wildman–Crippen LogP) is 1.37. The van der Waals surface area contributed by atoms with Crippen molar-refractivity contribution in [2.24, 2.45) is 0 Å². The summed E-state index contributed by atoms with van der Waals surface area (Å²) in [5.74, 6) is -0.894. The molecule has 0 radical (unpaired) electrons. The molecule has 6 nitrogen and oxygen atoms in total. The van der Waals surface area contributed by atoms with E-state index in [4.69, 9.17) is 27.9 Å². The molecule has 1 unspecified atom stereocenters. The van der Waals surface area contributed by atoms with E-state index in [2.05, 4.69) is 10.9 Å². The first-order chi connectivity index (χ1) is 12.8. The third-order valence-corrected chi connectivity index (χ3v) is 4.13. The van der Waals surface area contributed by atoms with Crippen LogP contribution in [0.3, 0.4) is 0 Å². The van der Waals surface area contributed by atoms with Gasteiger partial charge in [-0.1, -0.05) is 29.3 Å². The number of hydrazine groups is 1. The van der Waals surface area contributed by atoms with Crippen LogP contribution in [0.1, 0.15) is 5.56 Å². The summed E-state index contributed by atoms with van der Waals surface area (Å²) >= 11 is 11.7. The van der Waals surface area contributed by atoms with E-state index in [1.165, 1.54) is 12.1 Å². The second kappa shape index (κ2) is 10.1. The Morgan fingerprint density at radius 1 is 1.07 bits per heavy atom. The summed E-state index contributed by atoms with van der Waals surface area (Å²) in [5.41, 5.74) is 4.88. The van der Waals surface area contributed by atoms with Crippen LogP contribution in [-0.2, 0) is 16.1 Å². The molecule has 0 spiro atoms. The van der Waals surface area contributed by atoms with Crippen molar-refractivity contribution in [3.05, 3.63) is 63.9 Å². The van der Waals surface area contributed by atoms with Gasteiger partial charge in [-0.25, -0.2) is 4.39 Å². The van der Waals surface area contributed by atoms with E-state index in [-0.39, 0.29) is 19.7 Å². The highest BCUT2D eigenvalue weighted by Crippen LogP contribution is 2.17. The Labute approximate surface area is 166 Å². The minimum absolute atomic E-state index is 0.0168. The van der Waals surface area contributed by atoms with Gasteiger partial charge in [-0.05, 0) is 36.4 Å². The second-order valence-corrected chi connectivity index (χ2v) is 6.69. The van der Waals surface area contributed by atoms with Gasteiger partial charge in [0.2, 0.25) is 0 Å². The molecule has 0 aromatic heterocycles. The van der Waals surface area contributed by atoms with E-state index in [1.807, 2.05) is 0 Å². The summed E-state index contributed by atoms with van der Waals surface area (Å²) in [6.45, 7) is -0.0228. The van der Waals surface area contributed by atoms with Crippen LogP contribution in [0.15, 0.2) is 42.5 Å². The maximum Gasteiger partial charge on any atom is 0.293 e. The third kappa shape index (κ3) is 7.05. The van der Waals surface area contributed by atoms with Crippen LogP contribution in [0.5, 0.6) is 5.75 Å². The molecule has 9 heteroatoms. The highest BCUT2D eigenvalue weighted by atomic mass is 35.5. The number of rotatable bonds is 7. The Morgan fingerprint density at radius 3 is 2.41 bits per heavy atom. The van der Waals surface area contributed by atoms with Crippen molar-refractivity contribution in [1.82, 2.24) is 10.9 Å². The maximum absolute atomic E-state index is 13.8. The molecule has 0 heterocycles. The molecule has 0 saturated heterocycles. The first-order valence-electron chi connectivity index (χ1n) is 8.05. The van der Waals surface area contributed by atoms with E-state index >= 15 is 0 Å². The van der Waals surface area contributed by atoms with E-state index in [1.54, 1.807) is 37.4 Å². The average Bonchev–Trinajstić information content (AvgIpc) is 2.62. The van der Waals surface area contributed by atoms with Crippen molar-refractivity contribution in [2.75, 3.05) is 20.2 Å². The van der Waals surface area contributed by atoms with E-state index in [9.17, 15) is 14.0 Å². The summed E-state index contributed by atoms with van der Waals surface area (Å²) in [4.78, 5) is 24.3. The second-order valence-electron chi connectivity index (χ2n) is 5.85. The number of halogens is 3. The van der Waals surface area contributed by atoms with Crippen LogP contribution in [0.25, 0.3) is 0 Å². The minimum atomic E-state index is -0.520. The molecule has 2 aromatic carbocycles. The molecule has 3 N–H and O–H groups in total. The number of carbonyl (C=O) groups excluding carboxylic acids is 2. The Kier molecular flexibility index (Phi) is 7.84. The first kappa shape index (κ1) is 21.0. The van der Waals surface area contributed by atoms with E-state index in [0.717, 1.165) is 0 Å². The van der Waals surface area contributed by atoms with Crippen molar-refractivity contribution < 1.29 is 23.6 Å². The number of likely N-dealkylation sites (N-methyl/N-ethyl adjacent to an activating group) is 1. The lowest BCUT2D eigenvalue weighted by atomic mass is 10.2. The molecule has 2 aromatic rings. The molecule has 0 saturated carbocycles. The third-order valence-electron chi connectivity index (χ3n) is 3.53. The zero-order valence-electron chi connectivity index (χ0n) is 14.5. The van der Waals surface area contributed by atoms with Gasteiger partial charge < -0.3 is 9.64 Å². The SMILES string of the molecule is C[NH+](CC(=O)NNC(=O)COc1ccc(Cl)cc1)Cc1c(F)cccc1Cl. The van der Waals surface area contributed by atoms with Gasteiger partial charge in [-0.15, -0.1) is 0 Å². The fourth-order valence-electron chi connectivity index (χ4n) is 2.24. The van der Waals surface area contributed by atoms with Gasteiger partial charge in [0.25, 0.3) is 11.8 Å². The standard InChI is InChI=1S/C18H18Cl2FN3O3/c1-24(9-14-15(20)3-2-4-16(14)21)10-17(25)22-23-18(26)11-27-13-7-5-12(19)6-8-13/h2-8H,9-11H2,1H3,(H,22,25)(H,23,26)/p+1. The summed E-state index contributed by atoms with van der Waals surface area (Å²) in [6, 6.07) is 10.9. The number of hydrogen-bond donors (Lipinski definition) is 3. The Morgan fingerprint density at radius 2 is 1.74 bits per heavy atom. The molecule has 1 atom stereocenters. The van der Waals surface area contributed by atoms with Crippen molar-refractivity contribution in [1.29, 1.82) is 0 Å². The lowest BCUT2D eigenvalue weighted by Crippen LogP contribution is -3.09. The fourth-order valence-corrected chi connectivity index (χ4v) is 2.59. The van der Waals surface area contributed by atoms with E-state index in [0.29, 0.717) is 26.3 Å². The van der Waals surface area contributed by atoms with Crippen LogP contribution < -0.4 is 20.5 Å². The highest BCUT2D eigenvalue weighted by molar-refractivity contribution is 6.31. The van der Waals surface area contributed by atoms with Crippen LogP contribution in [0, 0.1) is 5.82 Å². The summed E-state index contributed by atoms with van der Waals surface area (Å²) in [5, 5.41) is 0.866. The largest absolute Gasteiger partial charge is 0.484 e. The number of nitrogens with one attached hydrogen (secondary N) is 3. The molecule has 2 rings (SSSR count). The summed E-state index contributed by atoms with van der Waals surface area (Å²) in [7, 11) is 1.72. The first-order valence-corrected chi connectivity index (χ1v) is 8.81. The number of benzene rings is 2. The van der Waals surface area contributed by atoms with Crippen LogP contribution in [0.2, 0.25) is 10.0 Å². The molecule has 0 aliphatic heterocycles. The number of carbonyl (C=O) groups is 2. The zero-order valence-corrected chi connectivity index (χ0v) is 16.0. The summed E-state index contributed by atoms with van der Waals surface area (Å²) in [6.07, 6.45) is 0. The topological polar surface area (TPSA) is 71.9 Å². The van der Waals surface area contributed by atoms with Gasteiger partial charge in [-0.3, -0.25) is 20.4 Å². The molecule has 2 amide bonds. The molecule has 0 aliphatic carbocycles. The van der Waals surface area contributed by atoms with Crippen LogP contribution >= 0.6 is 23.2 Å². The van der Waals surface area contributed by atoms with Gasteiger partial charge in [-0.2, -0.15) is 0 Å².